The summed E-state index contributed by atoms with van der Waals surface area (Å²) in [7, 11) is 0. The van der Waals surface area contributed by atoms with Gasteiger partial charge in [-0.05, 0) is 27.7 Å². The van der Waals surface area contributed by atoms with Crippen LogP contribution in [0.2, 0.25) is 0 Å². The summed E-state index contributed by atoms with van der Waals surface area (Å²) in [6, 6.07) is -0.229. The van der Waals surface area contributed by atoms with Crippen LogP contribution in [0.3, 0.4) is 0 Å². The summed E-state index contributed by atoms with van der Waals surface area (Å²) in [6.45, 7) is 14.6. The Morgan fingerprint density at radius 2 is 2.00 bits per heavy atom. The maximum atomic E-state index is 11.7. The number of hydrogen-bond acceptors (Lipinski definition) is 5. The molecule has 0 saturated heterocycles. The van der Waals surface area contributed by atoms with Crippen molar-refractivity contribution >= 4 is 17.3 Å². The highest BCUT2D eigenvalue weighted by Crippen LogP contribution is 2.32. The molecule has 4 nitrogen and oxygen atoms in total. The third-order valence-electron chi connectivity index (χ3n) is 3.01. The van der Waals surface area contributed by atoms with Crippen molar-refractivity contribution in [3.8, 4) is 0 Å². The Labute approximate surface area is 125 Å². The molecule has 5 heteroatoms. The Morgan fingerprint density at radius 1 is 1.40 bits per heavy atom. The van der Waals surface area contributed by atoms with Gasteiger partial charge in [0.05, 0.1) is 17.3 Å². The lowest BCUT2D eigenvalue weighted by Crippen LogP contribution is -2.37. The maximum Gasteiger partial charge on any atom is 0.322 e. The molecule has 0 aliphatic carbocycles. The number of carbonyl (C=O) groups excluding carboxylic acids is 1. The normalized spacial score (nSPS) is 14.9. The van der Waals surface area contributed by atoms with E-state index in [2.05, 4.69) is 38.0 Å². The second kappa shape index (κ2) is 6.68. The summed E-state index contributed by atoms with van der Waals surface area (Å²) in [4.78, 5) is 17.5. The van der Waals surface area contributed by atoms with Crippen LogP contribution < -0.4 is 5.32 Å². The highest BCUT2D eigenvalue weighted by atomic mass is 32.1. The Hall–Kier alpha value is -0.940. The molecule has 0 spiro atoms. The molecule has 0 saturated carbocycles. The summed E-state index contributed by atoms with van der Waals surface area (Å²) in [5, 5.41) is 4.41. The van der Waals surface area contributed by atoms with E-state index in [1.54, 1.807) is 11.3 Å². The summed E-state index contributed by atoms with van der Waals surface area (Å²) >= 11 is 1.72. The van der Waals surface area contributed by atoms with Crippen molar-refractivity contribution in [1.29, 1.82) is 0 Å². The minimum atomic E-state index is -0.315. The molecule has 114 valence electrons. The lowest BCUT2D eigenvalue weighted by atomic mass is 9.98. The molecule has 0 fully saturated rings. The van der Waals surface area contributed by atoms with E-state index < -0.39 is 0 Å². The van der Waals surface area contributed by atoms with E-state index in [1.807, 2.05) is 20.8 Å². The maximum absolute atomic E-state index is 11.7. The van der Waals surface area contributed by atoms with E-state index in [0.717, 1.165) is 10.7 Å². The van der Waals surface area contributed by atoms with Gasteiger partial charge in [-0.2, -0.15) is 0 Å². The fourth-order valence-corrected chi connectivity index (χ4v) is 3.05. The first-order valence-electron chi connectivity index (χ1n) is 7.07. The lowest BCUT2D eigenvalue weighted by Gasteiger charge is -2.18. The Morgan fingerprint density at radius 3 is 2.45 bits per heavy atom. The van der Waals surface area contributed by atoms with Gasteiger partial charge in [0, 0.05) is 16.3 Å². The van der Waals surface area contributed by atoms with Gasteiger partial charge in [0.1, 0.15) is 6.04 Å². The molecule has 0 aromatic carbocycles. The van der Waals surface area contributed by atoms with Crippen LogP contribution in [0.1, 0.15) is 63.2 Å². The van der Waals surface area contributed by atoms with Crippen LogP contribution in [-0.4, -0.2) is 23.6 Å². The Bertz CT molecular complexity index is 463. The van der Waals surface area contributed by atoms with E-state index in [9.17, 15) is 4.79 Å². The number of aromatic nitrogens is 1. The number of nitrogens with one attached hydrogen (secondary N) is 1. The fourth-order valence-electron chi connectivity index (χ4n) is 1.92. The summed E-state index contributed by atoms with van der Waals surface area (Å²) in [6.07, 6.45) is 0. The van der Waals surface area contributed by atoms with Crippen molar-refractivity contribution in [2.45, 2.75) is 66.0 Å². The number of aryl methyl sites for hydroxylation is 1. The molecule has 0 radical (unpaired) electrons. The van der Waals surface area contributed by atoms with Crippen molar-refractivity contribution in [1.82, 2.24) is 10.3 Å². The molecule has 20 heavy (non-hydrogen) atoms. The van der Waals surface area contributed by atoms with Crippen molar-refractivity contribution in [3.05, 3.63) is 15.6 Å². The molecular formula is C15H26N2O2S. The van der Waals surface area contributed by atoms with Crippen LogP contribution in [0, 0.1) is 6.92 Å². The predicted octanol–water partition coefficient (Wildman–Crippen LogP) is 3.35. The first kappa shape index (κ1) is 17.1. The van der Waals surface area contributed by atoms with E-state index in [1.165, 1.54) is 4.88 Å². The standard InChI is InChI=1S/C15H26N2O2S/c1-8-19-13(18)11(4)16-9(2)12-10(3)17-14(20-12)15(5,6)7/h9,11,16H,8H2,1-7H3. The molecule has 0 amide bonds. The molecule has 1 rings (SSSR count). The molecule has 1 aromatic rings. The smallest absolute Gasteiger partial charge is 0.322 e. The first-order chi connectivity index (χ1) is 9.16. The highest BCUT2D eigenvalue weighted by Gasteiger charge is 2.24. The second-order valence-electron chi connectivity index (χ2n) is 6.08. The number of thiazole rings is 1. The molecule has 2 unspecified atom stereocenters. The van der Waals surface area contributed by atoms with Crippen molar-refractivity contribution < 1.29 is 9.53 Å². The van der Waals surface area contributed by atoms with Crippen molar-refractivity contribution in [2.75, 3.05) is 6.61 Å². The second-order valence-corrected chi connectivity index (χ2v) is 7.11. The summed E-state index contributed by atoms with van der Waals surface area (Å²) in [5.74, 6) is -0.211. The zero-order chi connectivity index (χ0) is 15.5. The lowest BCUT2D eigenvalue weighted by molar-refractivity contribution is -0.145. The van der Waals surface area contributed by atoms with E-state index in [0.29, 0.717) is 6.61 Å². The topological polar surface area (TPSA) is 51.2 Å². The van der Waals surface area contributed by atoms with Gasteiger partial charge in [0.15, 0.2) is 0 Å². The number of nitrogens with zero attached hydrogens (tertiary/aromatic N) is 1. The molecule has 1 N–H and O–H groups in total. The van der Waals surface area contributed by atoms with Crippen LogP contribution in [0.25, 0.3) is 0 Å². The molecule has 0 aliphatic rings. The zero-order valence-electron chi connectivity index (χ0n) is 13.5. The Balaban J connectivity index is 2.80. The number of rotatable bonds is 5. The van der Waals surface area contributed by atoms with Crippen LogP contribution in [-0.2, 0) is 14.9 Å². The van der Waals surface area contributed by atoms with Gasteiger partial charge < -0.3 is 4.74 Å². The first-order valence-corrected chi connectivity index (χ1v) is 7.89. The minimum absolute atomic E-state index is 0.0557. The molecule has 1 aromatic heterocycles. The average Bonchev–Trinajstić information content (AvgIpc) is 2.71. The molecule has 2 atom stereocenters. The van der Waals surface area contributed by atoms with Gasteiger partial charge in [-0.1, -0.05) is 20.8 Å². The van der Waals surface area contributed by atoms with Gasteiger partial charge >= 0.3 is 5.97 Å². The number of carbonyl (C=O) groups is 1. The van der Waals surface area contributed by atoms with Crippen LogP contribution in [0.15, 0.2) is 0 Å². The zero-order valence-corrected chi connectivity index (χ0v) is 14.4. The average molecular weight is 298 g/mol. The number of esters is 1. The number of hydrogen-bond donors (Lipinski definition) is 1. The molecule has 0 aliphatic heterocycles. The summed E-state index contributed by atoms with van der Waals surface area (Å²) in [5.41, 5.74) is 1.09. The molecular weight excluding hydrogens is 272 g/mol. The highest BCUT2D eigenvalue weighted by molar-refractivity contribution is 7.12. The number of ether oxygens (including phenoxy) is 1. The van der Waals surface area contributed by atoms with Gasteiger partial charge in [0.25, 0.3) is 0 Å². The van der Waals surface area contributed by atoms with E-state index >= 15 is 0 Å². The van der Waals surface area contributed by atoms with Crippen molar-refractivity contribution in [2.24, 2.45) is 0 Å². The fraction of sp³-hybridized carbons (Fsp3) is 0.733. The van der Waals surface area contributed by atoms with Gasteiger partial charge in [-0.15, -0.1) is 11.3 Å². The third kappa shape index (κ3) is 4.28. The molecule has 0 bridgehead atoms. The molecule has 1 heterocycles. The van der Waals surface area contributed by atoms with Crippen LogP contribution in [0.4, 0.5) is 0 Å². The third-order valence-corrected chi connectivity index (χ3v) is 4.77. The van der Waals surface area contributed by atoms with E-state index in [4.69, 9.17) is 4.74 Å². The SMILES string of the molecule is CCOC(=O)C(C)NC(C)c1sc(C(C)(C)C)nc1C. The monoisotopic (exact) mass is 298 g/mol. The van der Waals surface area contributed by atoms with Gasteiger partial charge in [0.2, 0.25) is 0 Å². The van der Waals surface area contributed by atoms with Crippen LogP contribution >= 0.6 is 11.3 Å². The van der Waals surface area contributed by atoms with Crippen LogP contribution in [0.5, 0.6) is 0 Å². The largest absolute Gasteiger partial charge is 0.465 e. The Kier molecular flexibility index (Phi) is 5.71. The quantitative estimate of drug-likeness (QED) is 0.847. The van der Waals surface area contributed by atoms with Gasteiger partial charge in [-0.25, -0.2) is 4.98 Å². The summed E-state index contributed by atoms with van der Waals surface area (Å²) < 4.78 is 5.02. The predicted molar refractivity (Wildman–Crippen MR) is 83.2 cm³/mol. The van der Waals surface area contributed by atoms with Gasteiger partial charge in [-0.3, -0.25) is 10.1 Å². The van der Waals surface area contributed by atoms with Crippen molar-refractivity contribution in [3.63, 3.8) is 0 Å². The minimum Gasteiger partial charge on any atom is -0.465 e. The van der Waals surface area contributed by atoms with E-state index in [-0.39, 0.29) is 23.5 Å².